The molecule has 1 fully saturated rings. The number of imide groups is 1. The van der Waals surface area contributed by atoms with Crippen molar-refractivity contribution < 1.29 is 14.4 Å². The quantitative estimate of drug-likeness (QED) is 0.656. The van der Waals surface area contributed by atoms with Gasteiger partial charge < -0.3 is 10.6 Å². The molecular weight excluding hydrogens is 380 g/mol. The maximum Gasteiger partial charge on any atom is 0.329 e. The summed E-state index contributed by atoms with van der Waals surface area (Å²) in [6.07, 6.45) is 3.19. The average molecular weight is 394 g/mol. The molecule has 4 amide bonds. The molecule has 0 saturated carbocycles. The summed E-state index contributed by atoms with van der Waals surface area (Å²) < 4.78 is 0. The Morgan fingerprint density at radius 3 is 2.64 bits per heavy atom. The Kier molecular flexibility index (Phi) is 4.53. The normalized spacial score (nSPS) is 16.2. The van der Waals surface area contributed by atoms with Gasteiger partial charge in [-0.1, -0.05) is 12.1 Å². The molecule has 28 heavy (non-hydrogen) atoms. The molecule has 0 spiro atoms. The minimum atomic E-state index is -0.622. The third kappa shape index (κ3) is 3.21. The van der Waals surface area contributed by atoms with Gasteiger partial charge in [-0.2, -0.15) is 0 Å². The van der Waals surface area contributed by atoms with Gasteiger partial charge in [0.15, 0.2) is 10.8 Å². The lowest BCUT2D eigenvalue weighted by molar-refractivity contribution is -0.117. The zero-order chi connectivity index (χ0) is 19.7. The Morgan fingerprint density at radius 1 is 1.18 bits per heavy atom. The van der Waals surface area contributed by atoms with Gasteiger partial charge in [-0.05, 0) is 25.1 Å². The molecule has 0 aliphatic carbocycles. The molecule has 1 aliphatic rings. The van der Waals surface area contributed by atoms with Crippen LogP contribution in [0, 0.1) is 0 Å². The SMILES string of the molecule is CC1NC(=O)N(c2ccccc2NC(=O)c2csc(-c3ncccn3)n2)C1=O. The smallest absolute Gasteiger partial charge is 0.326 e. The van der Waals surface area contributed by atoms with Crippen LogP contribution in [0.1, 0.15) is 17.4 Å². The van der Waals surface area contributed by atoms with Crippen molar-refractivity contribution in [2.45, 2.75) is 13.0 Å². The first-order valence-electron chi connectivity index (χ1n) is 8.32. The lowest BCUT2D eigenvalue weighted by Crippen LogP contribution is -2.32. The second-order valence-corrected chi connectivity index (χ2v) is 6.78. The van der Waals surface area contributed by atoms with E-state index in [1.165, 1.54) is 11.3 Å². The minimum Gasteiger partial charge on any atom is -0.326 e. The zero-order valence-corrected chi connectivity index (χ0v) is 15.4. The minimum absolute atomic E-state index is 0.188. The van der Waals surface area contributed by atoms with Gasteiger partial charge in [0.25, 0.3) is 11.8 Å². The molecule has 2 N–H and O–H groups in total. The molecule has 1 atom stereocenters. The third-order valence-electron chi connectivity index (χ3n) is 4.02. The predicted octanol–water partition coefficient (Wildman–Crippen LogP) is 2.30. The van der Waals surface area contributed by atoms with Crippen molar-refractivity contribution in [2.75, 3.05) is 10.2 Å². The summed E-state index contributed by atoms with van der Waals surface area (Å²) >= 11 is 1.25. The maximum atomic E-state index is 12.6. The molecule has 0 bridgehead atoms. The van der Waals surface area contributed by atoms with Crippen LogP contribution in [0.3, 0.4) is 0 Å². The molecule has 140 valence electrons. The number of nitrogens with zero attached hydrogens (tertiary/aromatic N) is 4. The van der Waals surface area contributed by atoms with E-state index >= 15 is 0 Å². The summed E-state index contributed by atoms with van der Waals surface area (Å²) in [5.41, 5.74) is 0.813. The topological polar surface area (TPSA) is 117 Å². The predicted molar refractivity (Wildman–Crippen MR) is 103 cm³/mol. The van der Waals surface area contributed by atoms with Crippen molar-refractivity contribution in [3.63, 3.8) is 0 Å². The molecule has 2 aromatic heterocycles. The highest BCUT2D eigenvalue weighted by atomic mass is 32.1. The van der Waals surface area contributed by atoms with Crippen molar-refractivity contribution in [3.8, 4) is 10.8 Å². The van der Waals surface area contributed by atoms with E-state index in [1.807, 2.05) is 0 Å². The highest BCUT2D eigenvalue weighted by Crippen LogP contribution is 2.29. The van der Waals surface area contributed by atoms with E-state index in [0.717, 1.165) is 4.90 Å². The van der Waals surface area contributed by atoms with Crippen LogP contribution in [-0.4, -0.2) is 38.8 Å². The third-order valence-corrected chi connectivity index (χ3v) is 4.86. The summed E-state index contributed by atoms with van der Waals surface area (Å²) in [5.74, 6) is -0.421. The van der Waals surface area contributed by atoms with Crippen LogP contribution in [0.5, 0.6) is 0 Å². The van der Waals surface area contributed by atoms with E-state index in [9.17, 15) is 14.4 Å². The monoisotopic (exact) mass is 394 g/mol. The number of rotatable bonds is 4. The maximum absolute atomic E-state index is 12.6. The van der Waals surface area contributed by atoms with Gasteiger partial charge in [-0.25, -0.2) is 24.6 Å². The summed E-state index contributed by atoms with van der Waals surface area (Å²) in [4.78, 5) is 50.6. The second kappa shape index (κ2) is 7.16. The Labute approximate surface area is 163 Å². The molecule has 3 aromatic rings. The van der Waals surface area contributed by atoms with Crippen LogP contribution in [-0.2, 0) is 4.79 Å². The van der Waals surface area contributed by atoms with Crippen LogP contribution < -0.4 is 15.5 Å². The fraction of sp³-hybridized carbons (Fsp3) is 0.111. The first-order chi connectivity index (χ1) is 13.5. The fourth-order valence-corrected chi connectivity index (χ4v) is 3.43. The molecule has 1 saturated heterocycles. The first kappa shape index (κ1) is 17.7. The van der Waals surface area contributed by atoms with Crippen molar-refractivity contribution >= 4 is 40.6 Å². The number of carbonyl (C=O) groups is 3. The Hall–Kier alpha value is -3.66. The number of para-hydroxylation sites is 2. The van der Waals surface area contributed by atoms with Gasteiger partial charge in [0.2, 0.25) is 0 Å². The van der Waals surface area contributed by atoms with Crippen molar-refractivity contribution in [2.24, 2.45) is 0 Å². The van der Waals surface area contributed by atoms with E-state index in [0.29, 0.717) is 22.2 Å². The van der Waals surface area contributed by atoms with Gasteiger partial charge in [0, 0.05) is 17.8 Å². The second-order valence-electron chi connectivity index (χ2n) is 5.93. The number of anilines is 2. The molecule has 3 heterocycles. The molecule has 1 aliphatic heterocycles. The van der Waals surface area contributed by atoms with Gasteiger partial charge in [0.1, 0.15) is 11.7 Å². The number of thiazole rings is 1. The Bertz CT molecular complexity index is 1070. The number of hydrogen-bond acceptors (Lipinski definition) is 7. The van der Waals surface area contributed by atoms with Crippen LogP contribution in [0.25, 0.3) is 10.8 Å². The van der Waals surface area contributed by atoms with Gasteiger partial charge in [-0.3, -0.25) is 9.59 Å². The first-order valence-corrected chi connectivity index (χ1v) is 9.20. The van der Waals surface area contributed by atoms with Crippen molar-refractivity contribution in [3.05, 3.63) is 53.8 Å². The van der Waals surface area contributed by atoms with E-state index < -0.39 is 18.0 Å². The largest absolute Gasteiger partial charge is 0.329 e. The Balaban J connectivity index is 1.59. The number of urea groups is 1. The molecule has 10 heteroatoms. The molecule has 0 radical (unpaired) electrons. The lowest BCUT2D eigenvalue weighted by atomic mass is 10.2. The Morgan fingerprint density at radius 2 is 1.93 bits per heavy atom. The number of hydrogen-bond donors (Lipinski definition) is 2. The van der Waals surface area contributed by atoms with Gasteiger partial charge in [0.05, 0.1) is 11.4 Å². The summed E-state index contributed by atoms with van der Waals surface area (Å²) in [5, 5.41) is 7.38. The highest BCUT2D eigenvalue weighted by molar-refractivity contribution is 7.13. The number of nitrogens with one attached hydrogen (secondary N) is 2. The molecular formula is C18H14N6O3S. The molecule has 1 aromatic carbocycles. The standard InChI is InChI=1S/C18H14N6O3S/c1-10-17(26)24(18(27)21-10)13-6-3-2-5-11(13)22-15(25)12-9-28-16(23-12)14-19-7-4-8-20-14/h2-10H,1H3,(H,21,27)(H,22,25). The molecule has 9 nitrogen and oxygen atoms in total. The van der Waals surface area contributed by atoms with Crippen LogP contribution in [0.2, 0.25) is 0 Å². The van der Waals surface area contributed by atoms with Crippen LogP contribution in [0.15, 0.2) is 48.1 Å². The van der Waals surface area contributed by atoms with Crippen LogP contribution in [0.4, 0.5) is 16.2 Å². The van der Waals surface area contributed by atoms with Crippen molar-refractivity contribution in [1.29, 1.82) is 0 Å². The van der Waals surface area contributed by atoms with Gasteiger partial charge in [-0.15, -0.1) is 11.3 Å². The molecule has 4 rings (SSSR count). The average Bonchev–Trinajstić information content (AvgIpc) is 3.29. The summed E-state index contributed by atoms with van der Waals surface area (Å²) in [6, 6.07) is 7.13. The summed E-state index contributed by atoms with van der Waals surface area (Å²) in [7, 11) is 0. The number of benzene rings is 1. The van der Waals surface area contributed by atoms with Crippen LogP contribution >= 0.6 is 11.3 Å². The van der Waals surface area contributed by atoms with E-state index in [4.69, 9.17) is 0 Å². The van der Waals surface area contributed by atoms with E-state index in [2.05, 4.69) is 25.6 Å². The zero-order valence-electron chi connectivity index (χ0n) is 14.6. The molecule has 1 unspecified atom stereocenters. The lowest BCUT2D eigenvalue weighted by Gasteiger charge is -2.17. The number of amides is 4. The summed E-state index contributed by atoms with van der Waals surface area (Å²) in [6.45, 7) is 1.60. The highest BCUT2D eigenvalue weighted by Gasteiger charge is 2.37. The number of aromatic nitrogens is 3. The van der Waals surface area contributed by atoms with Gasteiger partial charge >= 0.3 is 6.03 Å². The van der Waals surface area contributed by atoms with E-state index in [-0.39, 0.29) is 11.6 Å². The number of carbonyl (C=O) groups excluding carboxylic acids is 3. The fourth-order valence-electron chi connectivity index (χ4n) is 2.68. The van der Waals surface area contributed by atoms with E-state index in [1.54, 1.807) is 55.0 Å². The van der Waals surface area contributed by atoms with Crippen molar-refractivity contribution in [1.82, 2.24) is 20.3 Å².